The Morgan fingerprint density at radius 2 is 1.80 bits per heavy atom. The Bertz CT molecular complexity index is 408. The molecule has 3 heteroatoms. The molecule has 0 saturated heterocycles. The summed E-state index contributed by atoms with van der Waals surface area (Å²) >= 11 is 5.93. The van der Waals surface area contributed by atoms with E-state index in [1.807, 2.05) is 12.1 Å². The molecule has 0 amide bonds. The van der Waals surface area contributed by atoms with Crippen LogP contribution in [0.1, 0.15) is 38.2 Å². The van der Waals surface area contributed by atoms with Crippen LogP contribution in [0.2, 0.25) is 5.02 Å². The van der Waals surface area contributed by atoms with Gasteiger partial charge in [-0.05, 0) is 58.0 Å². The normalized spacial score (nSPS) is 19.4. The Hall–Kier alpha value is -0.570. The quantitative estimate of drug-likeness (QED) is 0.860. The molecule has 2 rings (SSSR count). The highest BCUT2D eigenvalue weighted by Crippen LogP contribution is 2.33. The summed E-state index contributed by atoms with van der Waals surface area (Å²) in [6.07, 6.45) is 6.43. The highest BCUT2D eigenvalue weighted by molar-refractivity contribution is 6.30. The first kappa shape index (κ1) is 15.8. The lowest BCUT2D eigenvalue weighted by atomic mass is 9.95. The lowest BCUT2D eigenvalue weighted by Crippen LogP contribution is -2.51. The summed E-state index contributed by atoms with van der Waals surface area (Å²) in [6, 6.07) is 8.69. The van der Waals surface area contributed by atoms with Gasteiger partial charge in [0.05, 0.1) is 0 Å². The zero-order valence-corrected chi connectivity index (χ0v) is 13.7. The molecule has 0 spiro atoms. The molecule has 112 valence electrons. The maximum atomic E-state index is 5.93. The number of rotatable bonds is 6. The van der Waals surface area contributed by atoms with Crippen LogP contribution in [0, 0.1) is 0 Å². The molecule has 1 aliphatic rings. The second kappa shape index (κ2) is 6.93. The van der Waals surface area contributed by atoms with Crippen LogP contribution in [0.25, 0.3) is 0 Å². The maximum absolute atomic E-state index is 5.93. The van der Waals surface area contributed by atoms with Gasteiger partial charge in [-0.3, -0.25) is 0 Å². The molecule has 20 heavy (non-hydrogen) atoms. The molecule has 1 unspecified atom stereocenters. The van der Waals surface area contributed by atoms with Gasteiger partial charge in [-0.15, -0.1) is 0 Å². The average molecular weight is 295 g/mol. The Morgan fingerprint density at radius 1 is 1.20 bits per heavy atom. The standard InChI is InChI=1S/C17H27ClN2/c1-14(12-15-6-8-16(18)9-7-15)19-13-17(20(2)3)10-4-5-11-17/h6-9,14,19H,4-5,10-13H2,1-3H3. The van der Waals surface area contributed by atoms with Crippen molar-refractivity contribution in [3.05, 3.63) is 34.9 Å². The van der Waals surface area contributed by atoms with Gasteiger partial charge in [0.15, 0.2) is 0 Å². The molecule has 1 N–H and O–H groups in total. The summed E-state index contributed by atoms with van der Waals surface area (Å²) in [5, 5.41) is 4.55. The van der Waals surface area contributed by atoms with Crippen LogP contribution >= 0.6 is 11.6 Å². The third-order valence-electron chi connectivity index (χ3n) is 4.72. The Kier molecular flexibility index (Phi) is 5.48. The lowest BCUT2D eigenvalue weighted by molar-refractivity contribution is 0.150. The SMILES string of the molecule is CC(Cc1ccc(Cl)cc1)NCC1(N(C)C)CCCC1. The highest BCUT2D eigenvalue weighted by Gasteiger charge is 2.35. The van der Waals surface area contributed by atoms with Gasteiger partial charge in [-0.1, -0.05) is 36.6 Å². The molecule has 0 bridgehead atoms. The van der Waals surface area contributed by atoms with Gasteiger partial charge in [0.1, 0.15) is 0 Å². The van der Waals surface area contributed by atoms with Crippen molar-refractivity contribution in [3.63, 3.8) is 0 Å². The summed E-state index contributed by atoms with van der Waals surface area (Å²) in [5.74, 6) is 0. The minimum atomic E-state index is 0.369. The largest absolute Gasteiger partial charge is 0.312 e. The molecule has 0 aromatic heterocycles. The van der Waals surface area contributed by atoms with Gasteiger partial charge in [0.2, 0.25) is 0 Å². The molecule has 2 nitrogen and oxygen atoms in total. The predicted molar refractivity (Wildman–Crippen MR) is 87.5 cm³/mol. The van der Waals surface area contributed by atoms with E-state index in [0.717, 1.165) is 18.0 Å². The molecule has 1 atom stereocenters. The third kappa shape index (κ3) is 3.97. The van der Waals surface area contributed by atoms with Gasteiger partial charge >= 0.3 is 0 Å². The van der Waals surface area contributed by atoms with E-state index in [1.54, 1.807) is 0 Å². The van der Waals surface area contributed by atoms with Crippen molar-refractivity contribution in [2.24, 2.45) is 0 Å². The monoisotopic (exact) mass is 294 g/mol. The van der Waals surface area contributed by atoms with Crippen LogP contribution in [0.15, 0.2) is 24.3 Å². The molecule has 1 saturated carbocycles. The first-order valence-electron chi connectivity index (χ1n) is 7.67. The Morgan fingerprint density at radius 3 is 2.35 bits per heavy atom. The first-order chi connectivity index (χ1) is 9.52. The number of nitrogens with zero attached hydrogens (tertiary/aromatic N) is 1. The van der Waals surface area contributed by atoms with E-state index in [0.29, 0.717) is 11.6 Å². The van der Waals surface area contributed by atoms with E-state index < -0.39 is 0 Å². The van der Waals surface area contributed by atoms with E-state index in [-0.39, 0.29) is 0 Å². The number of hydrogen-bond donors (Lipinski definition) is 1. The van der Waals surface area contributed by atoms with Crippen LogP contribution in [0.5, 0.6) is 0 Å². The highest BCUT2D eigenvalue weighted by atomic mass is 35.5. The Labute approximate surface area is 128 Å². The molecule has 1 aromatic rings. The molecule has 0 aliphatic heterocycles. The smallest absolute Gasteiger partial charge is 0.0406 e. The third-order valence-corrected chi connectivity index (χ3v) is 4.97. The first-order valence-corrected chi connectivity index (χ1v) is 8.05. The van der Waals surface area contributed by atoms with Gasteiger partial charge in [-0.25, -0.2) is 0 Å². The van der Waals surface area contributed by atoms with E-state index in [4.69, 9.17) is 11.6 Å². The van der Waals surface area contributed by atoms with E-state index in [2.05, 4.69) is 43.4 Å². The number of hydrogen-bond acceptors (Lipinski definition) is 2. The molecule has 0 radical (unpaired) electrons. The Balaban J connectivity index is 1.85. The second-order valence-electron chi connectivity index (χ2n) is 6.44. The van der Waals surface area contributed by atoms with Gasteiger partial charge in [0, 0.05) is 23.1 Å². The molecule has 1 aromatic carbocycles. The summed E-state index contributed by atoms with van der Waals surface area (Å²) in [7, 11) is 4.44. The minimum absolute atomic E-state index is 0.369. The fourth-order valence-corrected chi connectivity index (χ4v) is 3.35. The van der Waals surface area contributed by atoms with Crippen LogP contribution in [-0.2, 0) is 6.42 Å². The van der Waals surface area contributed by atoms with Crippen LogP contribution in [-0.4, -0.2) is 37.1 Å². The van der Waals surface area contributed by atoms with Gasteiger partial charge in [-0.2, -0.15) is 0 Å². The van der Waals surface area contributed by atoms with Crippen molar-refractivity contribution in [3.8, 4) is 0 Å². The van der Waals surface area contributed by atoms with Crippen molar-refractivity contribution in [2.45, 2.75) is 50.6 Å². The number of nitrogens with one attached hydrogen (secondary N) is 1. The fraction of sp³-hybridized carbons (Fsp3) is 0.647. The van der Waals surface area contributed by atoms with E-state index in [9.17, 15) is 0 Å². The zero-order valence-electron chi connectivity index (χ0n) is 13.0. The molecule has 0 heterocycles. The molecule has 1 fully saturated rings. The van der Waals surface area contributed by atoms with Gasteiger partial charge < -0.3 is 10.2 Å². The fourth-order valence-electron chi connectivity index (χ4n) is 3.23. The summed E-state index contributed by atoms with van der Waals surface area (Å²) in [4.78, 5) is 2.42. The number of halogens is 1. The van der Waals surface area contributed by atoms with Crippen molar-refractivity contribution in [1.29, 1.82) is 0 Å². The molecular weight excluding hydrogens is 268 g/mol. The van der Waals surface area contributed by atoms with Crippen molar-refractivity contribution >= 4 is 11.6 Å². The molecular formula is C17H27ClN2. The van der Waals surface area contributed by atoms with Crippen molar-refractivity contribution in [1.82, 2.24) is 10.2 Å². The molecule has 1 aliphatic carbocycles. The summed E-state index contributed by atoms with van der Waals surface area (Å²) in [5.41, 5.74) is 1.72. The number of benzene rings is 1. The lowest BCUT2D eigenvalue weighted by Gasteiger charge is -2.37. The van der Waals surface area contributed by atoms with Crippen molar-refractivity contribution < 1.29 is 0 Å². The van der Waals surface area contributed by atoms with Crippen molar-refractivity contribution in [2.75, 3.05) is 20.6 Å². The maximum Gasteiger partial charge on any atom is 0.0406 e. The van der Waals surface area contributed by atoms with Gasteiger partial charge in [0.25, 0.3) is 0 Å². The van der Waals surface area contributed by atoms with Crippen LogP contribution in [0.3, 0.4) is 0 Å². The zero-order chi connectivity index (χ0) is 14.6. The number of likely N-dealkylation sites (N-methyl/N-ethyl adjacent to an activating group) is 1. The summed E-state index contributed by atoms with van der Waals surface area (Å²) < 4.78 is 0. The van der Waals surface area contributed by atoms with E-state index >= 15 is 0 Å². The predicted octanol–water partition coefficient (Wildman–Crippen LogP) is 3.74. The van der Waals surface area contributed by atoms with Crippen LogP contribution in [0.4, 0.5) is 0 Å². The topological polar surface area (TPSA) is 15.3 Å². The average Bonchev–Trinajstić information content (AvgIpc) is 2.89. The van der Waals surface area contributed by atoms with Crippen LogP contribution < -0.4 is 5.32 Å². The second-order valence-corrected chi connectivity index (χ2v) is 6.87. The summed E-state index contributed by atoms with van der Waals surface area (Å²) in [6.45, 7) is 3.36. The van der Waals surface area contributed by atoms with E-state index in [1.165, 1.54) is 31.2 Å². The minimum Gasteiger partial charge on any atom is -0.312 e.